The van der Waals surface area contributed by atoms with E-state index in [1.807, 2.05) is 19.3 Å². The Morgan fingerprint density at radius 3 is 2.87 bits per heavy atom. The lowest BCUT2D eigenvalue weighted by Crippen LogP contribution is -2.57. The number of hydrogen-bond acceptors (Lipinski definition) is 4. The molecular weight excluding hydrogens is 188 g/mol. The van der Waals surface area contributed by atoms with E-state index in [2.05, 4.69) is 20.2 Å². The lowest BCUT2D eigenvalue weighted by molar-refractivity contribution is 0.446. The van der Waals surface area contributed by atoms with Gasteiger partial charge < -0.3 is 10.2 Å². The number of nitrogens with one attached hydrogen (secondary N) is 1. The van der Waals surface area contributed by atoms with Gasteiger partial charge in [-0.1, -0.05) is 0 Å². The summed E-state index contributed by atoms with van der Waals surface area (Å²) >= 11 is 0. The summed E-state index contributed by atoms with van der Waals surface area (Å²) in [6.45, 7) is 2.13. The first-order valence-corrected chi connectivity index (χ1v) is 5.62. The van der Waals surface area contributed by atoms with E-state index in [1.54, 1.807) is 0 Å². The van der Waals surface area contributed by atoms with Crippen molar-refractivity contribution in [3.63, 3.8) is 0 Å². The van der Waals surface area contributed by atoms with Crippen LogP contribution in [0, 0.1) is 0 Å². The zero-order valence-corrected chi connectivity index (χ0v) is 8.98. The maximum Gasteiger partial charge on any atom is 0.133 e. The average molecular weight is 204 g/mol. The molecule has 1 aromatic rings. The van der Waals surface area contributed by atoms with Gasteiger partial charge in [0, 0.05) is 31.2 Å². The maximum atomic E-state index is 4.61. The van der Waals surface area contributed by atoms with Gasteiger partial charge in [-0.25, -0.2) is 9.97 Å². The van der Waals surface area contributed by atoms with Gasteiger partial charge in [-0.2, -0.15) is 0 Å². The molecule has 2 fully saturated rings. The molecule has 2 heterocycles. The van der Waals surface area contributed by atoms with Crippen LogP contribution in [0.3, 0.4) is 0 Å². The Morgan fingerprint density at radius 2 is 2.20 bits per heavy atom. The van der Waals surface area contributed by atoms with Crippen molar-refractivity contribution in [3.8, 4) is 0 Å². The van der Waals surface area contributed by atoms with Crippen molar-refractivity contribution in [1.29, 1.82) is 0 Å². The first-order valence-electron chi connectivity index (χ1n) is 5.62. The molecule has 0 spiro atoms. The lowest BCUT2D eigenvalue weighted by atomic mass is 10.1. The van der Waals surface area contributed by atoms with Crippen molar-refractivity contribution in [3.05, 3.63) is 18.1 Å². The van der Waals surface area contributed by atoms with Crippen LogP contribution in [0.5, 0.6) is 0 Å². The van der Waals surface area contributed by atoms with Crippen molar-refractivity contribution >= 4 is 5.82 Å². The predicted molar refractivity (Wildman–Crippen MR) is 59.1 cm³/mol. The minimum absolute atomic E-state index is 0.629. The Bertz CT molecular complexity index is 355. The summed E-state index contributed by atoms with van der Waals surface area (Å²) in [7, 11) is 2.01. The number of nitrogens with zero attached hydrogens (tertiary/aromatic N) is 3. The van der Waals surface area contributed by atoms with Crippen molar-refractivity contribution in [1.82, 2.24) is 15.3 Å². The largest absolute Gasteiger partial charge is 0.353 e. The number of rotatable bonds is 3. The number of likely N-dealkylation sites (N-methyl/N-ethyl adjacent to an activating group) is 1. The summed E-state index contributed by atoms with van der Waals surface area (Å²) in [6.07, 6.45) is 4.42. The van der Waals surface area contributed by atoms with Gasteiger partial charge in [-0.15, -0.1) is 0 Å². The van der Waals surface area contributed by atoms with Crippen LogP contribution in [0.15, 0.2) is 12.3 Å². The third-order valence-corrected chi connectivity index (χ3v) is 3.22. The Hall–Kier alpha value is -1.16. The second kappa shape index (κ2) is 3.45. The quantitative estimate of drug-likeness (QED) is 0.789. The van der Waals surface area contributed by atoms with E-state index >= 15 is 0 Å². The highest BCUT2D eigenvalue weighted by Gasteiger charge is 2.29. The molecule has 1 aromatic heterocycles. The van der Waals surface area contributed by atoms with E-state index < -0.39 is 0 Å². The summed E-state index contributed by atoms with van der Waals surface area (Å²) in [4.78, 5) is 11.2. The van der Waals surface area contributed by atoms with E-state index in [4.69, 9.17) is 0 Å². The van der Waals surface area contributed by atoms with Crippen LogP contribution in [0.1, 0.15) is 24.6 Å². The molecule has 0 radical (unpaired) electrons. The van der Waals surface area contributed by atoms with E-state index in [-0.39, 0.29) is 0 Å². The molecule has 1 saturated heterocycles. The molecule has 0 unspecified atom stereocenters. The van der Waals surface area contributed by atoms with Gasteiger partial charge in [0.05, 0.1) is 0 Å². The smallest absolute Gasteiger partial charge is 0.133 e. The van der Waals surface area contributed by atoms with Gasteiger partial charge in [0.15, 0.2) is 0 Å². The molecule has 0 aromatic carbocycles. The third-order valence-electron chi connectivity index (χ3n) is 3.22. The third kappa shape index (κ3) is 1.69. The fraction of sp³-hybridized carbons (Fsp3) is 0.636. The zero-order chi connectivity index (χ0) is 10.3. The highest BCUT2D eigenvalue weighted by atomic mass is 15.3. The first kappa shape index (κ1) is 9.09. The summed E-state index contributed by atoms with van der Waals surface area (Å²) in [5.41, 5.74) is 0. The van der Waals surface area contributed by atoms with Gasteiger partial charge >= 0.3 is 0 Å². The van der Waals surface area contributed by atoms with E-state index in [0.717, 1.165) is 24.7 Å². The summed E-state index contributed by atoms with van der Waals surface area (Å²) in [5.74, 6) is 2.78. The van der Waals surface area contributed by atoms with E-state index in [0.29, 0.717) is 12.0 Å². The molecule has 0 atom stereocenters. The number of anilines is 1. The van der Waals surface area contributed by atoms with Crippen LogP contribution < -0.4 is 10.2 Å². The molecule has 4 heteroatoms. The summed E-state index contributed by atoms with van der Waals surface area (Å²) in [5, 5.41) is 3.27. The van der Waals surface area contributed by atoms with Crippen LogP contribution in [-0.4, -0.2) is 36.1 Å². The van der Waals surface area contributed by atoms with Crippen LogP contribution >= 0.6 is 0 Å². The van der Waals surface area contributed by atoms with Gasteiger partial charge in [-0.05, 0) is 26.0 Å². The summed E-state index contributed by atoms with van der Waals surface area (Å²) in [6, 6.07) is 2.64. The Labute approximate surface area is 89.7 Å². The second-order valence-electron chi connectivity index (χ2n) is 4.44. The standard InChI is InChI=1S/C11H16N4/c1-12-9-6-15(7-9)10-4-5-13-11(14-10)8-2-3-8/h4-5,8-9,12H,2-3,6-7H2,1H3. The Morgan fingerprint density at radius 1 is 1.40 bits per heavy atom. The van der Waals surface area contributed by atoms with Gasteiger partial charge in [0.25, 0.3) is 0 Å². The monoisotopic (exact) mass is 204 g/mol. The minimum atomic E-state index is 0.629. The molecule has 0 bridgehead atoms. The molecule has 1 aliphatic heterocycles. The Kier molecular flexibility index (Phi) is 2.09. The summed E-state index contributed by atoms with van der Waals surface area (Å²) < 4.78 is 0. The van der Waals surface area contributed by atoms with Gasteiger partial charge in [0.2, 0.25) is 0 Å². The molecule has 3 rings (SSSR count). The number of hydrogen-bond donors (Lipinski definition) is 1. The maximum absolute atomic E-state index is 4.61. The van der Waals surface area contributed by atoms with Gasteiger partial charge in [-0.3, -0.25) is 0 Å². The molecule has 0 amide bonds. The average Bonchev–Trinajstić information content (AvgIpc) is 3.00. The normalized spacial score (nSPS) is 21.5. The number of aromatic nitrogens is 2. The molecule has 80 valence electrons. The van der Waals surface area contributed by atoms with Crippen molar-refractivity contribution in [2.75, 3.05) is 25.0 Å². The topological polar surface area (TPSA) is 41.0 Å². The molecule has 4 nitrogen and oxygen atoms in total. The minimum Gasteiger partial charge on any atom is -0.353 e. The van der Waals surface area contributed by atoms with Crippen LogP contribution in [0.25, 0.3) is 0 Å². The zero-order valence-electron chi connectivity index (χ0n) is 8.98. The van der Waals surface area contributed by atoms with Crippen LogP contribution in [0.2, 0.25) is 0 Å². The Balaban J connectivity index is 1.72. The van der Waals surface area contributed by atoms with Gasteiger partial charge in [0.1, 0.15) is 11.6 Å². The molecule has 1 saturated carbocycles. The SMILES string of the molecule is CNC1CN(c2ccnc(C3CC3)n2)C1. The van der Waals surface area contributed by atoms with Crippen molar-refractivity contribution in [2.24, 2.45) is 0 Å². The molecular formula is C11H16N4. The van der Waals surface area contributed by atoms with Crippen molar-refractivity contribution < 1.29 is 0 Å². The van der Waals surface area contributed by atoms with Crippen LogP contribution in [-0.2, 0) is 0 Å². The molecule has 1 aliphatic carbocycles. The second-order valence-corrected chi connectivity index (χ2v) is 4.44. The highest BCUT2D eigenvalue weighted by molar-refractivity contribution is 5.42. The van der Waals surface area contributed by atoms with E-state index in [9.17, 15) is 0 Å². The fourth-order valence-electron chi connectivity index (χ4n) is 1.93. The molecule has 2 aliphatic rings. The highest BCUT2D eigenvalue weighted by Crippen LogP contribution is 2.38. The lowest BCUT2D eigenvalue weighted by Gasteiger charge is -2.39. The van der Waals surface area contributed by atoms with Crippen LogP contribution in [0.4, 0.5) is 5.82 Å². The molecule has 1 N–H and O–H groups in total. The fourth-order valence-corrected chi connectivity index (χ4v) is 1.93. The molecule has 15 heavy (non-hydrogen) atoms. The van der Waals surface area contributed by atoms with Crippen molar-refractivity contribution in [2.45, 2.75) is 24.8 Å². The van der Waals surface area contributed by atoms with E-state index in [1.165, 1.54) is 12.8 Å². The first-order chi connectivity index (χ1) is 7.36. The predicted octanol–water partition coefficient (Wildman–Crippen LogP) is 0.762.